The molecule has 0 aliphatic heterocycles. The molecule has 128 valence electrons. The van der Waals surface area contributed by atoms with Crippen molar-refractivity contribution in [3.63, 3.8) is 0 Å². The van der Waals surface area contributed by atoms with Gasteiger partial charge in [0.25, 0.3) is 0 Å². The van der Waals surface area contributed by atoms with Crippen LogP contribution in [-0.4, -0.2) is 31.2 Å². The molecular weight excluding hydrogens is 306 g/mol. The lowest BCUT2D eigenvalue weighted by Gasteiger charge is -2.17. The lowest BCUT2D eigenvalue weighted by Crippen LogP contribution is -2.39. The Morgan fingerprint density at radius 1 is 1.00 bits per heavy atom. The molecule has 2 aromatic carbocycles. The van der Waals surface area contributed by atoms with Crippen LogP contribution in [0.25, 0.3) is 10.8 Å². The topological polar surface area (TPSA) is 64.6 Å². The van der Waals surface area contributed by atoms with Crippen molar-refractivity contribution in [2.75, 3.05) is 13.2 Å². The number of rotatable bonds is 8. The molecule has 0 heterocycles. The molecule has 0 amide bonds. The third-order valence-corrected chi connectivity index (χ3v) is 3.67. The molecule has 1 N–H and O–H groups in total. The van der Waals surface area contributed by atoms with Crippen molar-refractivity contribution >= 4 is 22.7 Å². The number of hydrogen-bond acceptors (Lipinski definition) is 5. The molecule has 1 atom stereocenters. The van der Waals surface area contributed by atoms with Gasteiger partial charge in [-0.05, 0) is 30.2 Å². The summed E-state index contributed by atoms with van der Waals surface area (Å²) in [5, 5.41) is 5.38. The van der Waals surface area contributed by atoms with Crippen LogP contribution in [0.1, 0.15) is 25.8 Å². The molecule has 5 heteroatoms. The van der Waals surface area contributed by atoms with E-state index in [0.29, 0.717) is 6.54 Å². The van der Waals surface area contributed by atoms with Crippen LogP contribution >= 0.6 is 0 Å². The van der Waals surface area contributed by atoms with Gasteiger partial charge in [-0.15, -0.1) is 0 Å². The van der Waals surface area contributed by atoms with Crippen molar-refractivity contribution in [1.29, 1.82) is 0 Å². The molecule has 0 fully saturated rings. The van der Waals surface area contributed by atoms with Gasteiger partial charge in [-0.2, -0.15) is 0 Å². The zero-order chi connectivity index (χ0) is 17.4. The average Bonchev–Trinajstić information content (AvgIpc) is 2.59. The fourth-order valence-electron chi connectivity index (χ4n) is 2.55. The highest BCUT2D eigenvalue weighted by molar-refractivity contribution is 5.86. The SMILES string of the molecule is CCOC(=O)C[C@H](NCc1cccc2ccccc12)C(=O)OCC. The molecule has 24 heavy (non-hydrogen) atoms. The second kappa shape index (κ2) is 9.03. The number of benzene rings is 2. The standard InChI is InChI=1S/C19H23NO4/c1-3-23-18(21)12-17(19(22)24-4-2)20-13-15-10-7-9-14-8-5-6-11-16(14)15/h5-11,17,20H,3-4,12-13H2,1-2H3/t17-/m0/s1. The van der Waals surface area contributed by atoms with Crippen molar-refractivity contribution < 1.29 is 19.1 Å². The first-order valence-electron chi connectivity index (χ1n) is 8.18. The van der Waals surface area contributed by atoms with Crippen molar-refractivity contribution in [1.82, 2.24) is 5.32 Å². The van der Waals surface area contributed by atoms with Crippen LogP contribution in [-0.2, 0) is 25.6 Å². The van der Waals surface area contributed by atoms with E-state index in [2.05, 4.69) is 5.32 Å². The van der Waals surface area contributed by atoms with Crippen LogP contribution in [0.4, 0.5) is 0 Å². The highest BCUT2D eigenvalue weighted by Crippen LogP contribution is 2.18. The summed E-state index contributed by atoms with van der Waals surface area (Å²) in [7, 11) is 0. The lowest BCUT2D eigenvalue weighted by atomic mass is 10.0. The smallest absolute Gasteiger partial charge is 0.323 e. The fraction of sp³-hybridized carbons (Fsp3) is 0.368. The second-order valence-electron chi connectivity index (χ2n) is 5.33. The van der Waals surface area contributed by atoms with Crippen LogP contribution in [0.15, 0.2) is 42.5 Å². The molecule has 2 aromatic rings. The Morgan fingerprint density at radius 2 is 1.71 bits per heavy atom. The zero-order valence-electron chi connectivity index (χ0n) is 14.1. The first-order chi connectivity index (χ1) is 11.7. The van der Waals surface area contributed by atoms with Crippen molar-refractivity contribution in [3.8, 4) is 0 Å². The molecule has 0 unspecified atom stereocenters. The molecular formula is C19H23NO4. The van der Waals surface area contributed by atoms with Gasteiger partial charge in [-0.1, -0.05) is 42.5 Å². The van der Waals surface area contributed by atoms with Gasteiger partial charge in [0, 0.05) is 6.54 Å². The summed E-state index contributed by atoms with van der Waals surface area (Å²) >= 11 is 0. The van der Waals surface area contributed by atoms with E-state index < -0.39 is 18.0 Å². The molecule has 0 radical (unpaired) electrons. The van der Waals surface area contributed by atoms with Crippen LogP contribution in [0.5, 0.6) is 0 Å². The highest BCUT2D eigenvalue weighted by atomic mass is 16.5. The van der Waals surface area contributed by atoms with Crippen LogP contribution in [0, 0.1) is 0 Å². The van der Waals surface area contributed by atoms with E-state index in [9.17, 15) is 9.59 Å². The van der Waals surface area contributed by atoms with E-state index in [0.717, 1.165) is 16.3 Å². The minimum atomic E-state index is -0.719. The highest BCUT2D eigenvalue weighted by Gasteiger charge is 2.23. The summed E-state index contributed by atoms with van der Waals surface area (Å²) in [6, 6.07) is 13.3. The second-order valence-corrected chi connectivity index (χ2v) is 5.33. The van der Waals surface area contributed by atoms with E-state index in [1.165, 1.54) is 0 Å². The molecule has 0 saturated carbocycles. The Morgan fingerprint density at radius 3 is 2.46 bits per heavy atom. The maximum Gasteiger partial charge on any atom is 0.323 e. The third-order valence-electron chi connectivity index (χ3n) is 3.67. The average molecular weight is 329 g/mol. The summed E-state index contributed by atoms with van der Waals surface area (Å²) in [5.41, 5.74) is 1.06. The summed E-state index contributed by atoms with van der Waals surface area (Å²) < 4.78 is 9.99. The summed E-state index contributed by atoms with van der Waals surface area (Å²) in [6.45, 7) is 4.50. The number of nitrogens with one attached hydrogen (secondary N) is 1. The van der Waals surface area contributed by atoms with Crippen LogP contribution in [0.3, 0.4) is 0 Å². The monoisotopic (exact) mass is 329 g/mol. The van der Waals surface area contributed by atoms with E-state index in [-0.39, 0.29) is 19.6 Å². The van der Waals surface area contributed by atoms with Crippen molar-refractivity contribution in [2.45, 2.75) is 32.9 Å². The van der Waals surface area contributed by atoms with E-state index in [1.54, 1.807) is 13.8 Å². The number of ether oxygens (including phenoxy) is 2. The molecule has 0 saturated heterocycles. The quantitative estimate of drug-likeness (QED) is 0.755. The molecule has 0 aliphatic carbocycles. The van der Waals surface area contributed by atoms with Gasteiger partial charge in [0.05, 0.1) is 19.6 Å². The third kappa shape index (κ3) is 4.80. The number of esters is 2. The van der Waals surface area contributed by atoms with Crippen LogP contribution < -0.4 is 5.32 Å². The normalized spacial score (nSPS) is 11.9. The van der Waals surface area contributed by atoms with Crippen molar-refractivity contribution in [3.05, 3.63) is 48.0 Å². The van der Waals surface area contributed by atoms with Gasteiger partial charge in [0.1, 0.15) is 6.04 Å². The predicted octanol–water partition coefficient (Wildman–Crippen LogP) is 2.81. The summed E-state index contributed by atoms with van der Waals surface area (Å²) in [5.74, 6) is -0.855. The molecule has 5 nitrogen and oxygen atoms in total. The molecule has 0 bridgehead atoms. The first-order valence-corrected chi connectivity index (χ1v) is 8.18. The van der Waals surface area contributed by atoms with Gasteiger partial charge < -0.3 is 9.47 Å². The fourth-order valence-corrected chi connectivity index (χ4v) is 2.55. The van der Waals surface area contributed by atoms with E-state index in [1.807, 2.05) is 42.5 Å². The predicted molar refractivity (Wildman–Crippen MR) is 92.5 cm³/mol. The molecule has 2 rings (SSSR count). The zero-order valence-corrected chi connectivity index (χ0v) is 14.1. The molecule has 0 aromatic heterocycles. The number of carbonyl (C=O) groups is 2. The summed E-state index contributed by atoms with van der Waals surface area (Å²) in [6.07, 6.45) is -0.0442. The van der Waals surface area contributed by atoms with Gasteiger partial charge in [-0.3, -0.25) is 14.9 Å². The number of carbonyl (C=O) groups excluding carboxylic acids is 2. The maximum absolute atomic E-state index is 12.1. The van der Waals surface area contributed by atoms with Gasteiger partial charge in [-0.25, -0.2) is 0 Å². The molecule has 0 aliphatic rings. The Bertz CT molecular complexity index is 693. The van der Waals surface area contributed by atoms with Gasteiger partial charge in [0.15, 0.2) is 0 Å². The number of fused-ring (bicyclic) bond motifs is 1. The number of hydrogen-bond donors (Lipinski definition) is 1. The largest absolute Gasteiger partial charge is 0.466 e. The summed E-state index contributed by atoms with van der Waals surface area (Å²) in [4.78, 5) is 23.8. The first kappa shape index (κ1) is 17.9. The van der Waals surface area contributed by atoms with Gasteiger partial charge in [0.2, 0.25) is 0 Å². The minimum Gasteiger partial charge on any atom is -0.466 e. The van der Waals surface area contributed by atoms with E-state index >= 15 is 0 Å². The van der Waals surface area contributed by atoms with Crippen LogP contribution in [0.2, 0.25) is 0 Å². The Hall–Kier alpha value is -2.40. The maximum atomic E-state index is 12.1. The molecule has 0 spiro atoms. The van der Waals surface area contributed by atoms with E-state index in [4.69, 9.17) is 9.47 Å². The van der Waals surface area contributed by atoms with Gasteiger partial charge >= 0.3 is 11.9 Å². The lowest BCUT2D eigenvalue weighted by molar-refractivity contribution is -0.152. The Kier molecular flexibility index (Phi) is 6.75. The Balaban J connectivity index is 2.10. The minimum absolute atomic E-state index is 0.0442. The van der Waals surface area contributed by atoms with Crippen molar-refractivity contribution in [2.24, 2.45) is 0 Å². The Labute approximate surface area is 141 Å².